The largest absolute Gasteiger partial charge is 0.390 e. The van der Waals surface area contributed by atoms with Gasteiger partial charge >= 0.3 is 0 Å². The molecule has 1 N–H and O–H groups in total. The standard InChI is InChI=1S/C18H26N2O4S/c21-17-13-19(12-15-4-2-1-3-5-15)8-9-20(14-17)18(22)16-6-10-25(23,24)11-7-16/h1-5,16-17,21H,6-14H2. The maximum Gasteiger partial charge on any atom is 0.225 e. The van der Waals surface area contributed by atoms with E-state index in [1.165, 1.54) is 5.56 Å². The van der Waals surface area contributed by atoms with E-state index >= 15 is 0 Å². The highest BCUT2D eigenvalue weighted by Gasteiger charge is 2.33. The van der Waals surface area contributed by atoms with Gasteiger partial charge < -0.3 is 10.0 Å². The Morgan fingerprint density at radius 1 is 1.08 bits per heavy atom. The first-order valence-electron chi connectivity index (χ1n) is 8.86. The van der Waals surface area contributed by atoms with Crippen LogP contribution in [0.3, 0.4) is 0 Å². The number of sulfone groups is 1. The van der Waals surface area contributed by atoms with E-state index in [1.807, 2.05) is 18.2 Å². The molecule has 1 aromatic carbocycles. The van der Waals surface area contributed by atoms with E-state index in [9.17, 15) is 18.3 Å². The lowest BCUT2D eigenvalue weighted by Gasteiger charge is -2.29. The number of benzene rings is 1. The Morgan fingerprint density at radius 2 is 1.76 bits per heavy atom. The van der Waals surface area contributed by atoms with Gasteiger partial charge in [-0.05, 0) is 18.4 Å². The molecule has 1 atom stereocenters. The zero-order chi connectivity index (χ0) is 17.9. The van der Waals surface area contributed by atoms with E-state index in [0.717, 1.165) is 6.54 Å². The molecule has 1 unspecified atom stereocenters. The summed E-state index contributed by atoms with van der Waals surface area (Å²) in [6.07, 6.45) is 0.227. The number of nitrogens with zero attached hydrogens (tertiary/aromatic N) is 2. The van der Waals surface area contributed by atoms with Crippen LogP contribution in [-0.4, -0.2) is 73.0 Å². The second kappa shape index (κ2) is 7.85. The Bertz CT molecular complexity index is 678. The van der Waals surface area contributed by atoms with Crippen LogP contribution in [0.5, 0.6) is 0 Å². The summed E-state index contributed by atoms with van der Waals surface area (Å²) in [5.74, 6) is -0.0354. The quantitative estimate of drug-likeness (QED) is 0.844. The summed E-state index contributed by atoms with van der Waals surface area (Å²) in [6.45, 7) is 2.90. The van der Waals surface area contributed by atoms with Crippen LogP contribution in [0.25, 0.3) is 0 Å². The molecule has 2 saturated heterocycles. The number of hydrogen-bond donors (Lipinski definition) is 1. The van der Waals surface area contributed by atoms with Crippen molar-refractivity contribution < 1.29 is 18.3 Å². The Morgan fingerprint density at radius 3 is 2.44 bits per heavy atom. The monoisotopic (exact) mass is 366 g/mol. The molecule has 7 heteroatoms. The van der Waals surface area contributed by atoms with Crippen LogP contribution in [0.2, 0.25) is 0 Å². The lowest BCUT2D eigenvalue weighted by molar-refractivity contribution is -0.136. The highest BCUT2D eigenvalue weighted by atomic mass is 32.2. The number of rotatable bonds is 3. The minimum atomic E-state index is -2.97. The average Bonchev–Trinajstić information content (AvgIpc) is 2.76. The van der Waals surface area contributed by atoms with Gasteiger partial charge in [-0.3, -0.25) is 9.69 Å². The molecule has 0 radical (unpaired) electrons. The van der Waals surface area contributed by atoms with Crippen LogP contribution in [0.15, 0.2) is 30.3 Å². The predicted octanol–water partition coefficient (Wildman–Crippen LogP) is 0.516. The Hall–Kier alpha value is -1.44. The van der Waals surface area contributed by atoms with Crippen molar-refractivity contribution in [3.8, 4) is 0 Å². The smallest absolute Gasteiger partial charge is 0.225 e. The van der Waals surface area contributed by atoms with E-state index in [4.69, 9.17) is 0 Å². The van der Waals surface area contributed by atoms with Gasteiger partial charge in [-0.1, -0.05) is 30.3 Å². The number of hydrogen-bond acceptors (Lipinski definition) is 5. The summed E-state index contributed by atoms with van der Waals surface area (Å²) in [5.41, 5.74) is 1.19. The van der Waals surface area contributed by atoms with Crippen molar-refractivity contribution in [2.75, 3.05) is 37.7 Å². The zero-order valence-corrected chi connectivity index (χ0v) is 15.2. The molecule has 2 aliphatic rings. The van der Waals surface area contributed by atoms with Crippen molar-refractivity contribution >= 4 is 15.7 Å². The second-order valence-electron chi connectivity index (χ2n) is 7.08. The molecule has 0 saturated carbocycles. The van der Waals surface area contributed by atoms with Gasteiger partial charge in [0.1, 0.15) is 9.84 Å². The molecular formula is C18H26N2O4S. The van der Waals surface area contributed by atoms with Crippen molar-refractivity contribution in [2.24, 2.45) is 5.92 Å². The third-order valence-corrected chi connectivity index (χ3v) is 6.77. The molecule has 0 bridgehead atoms. The highest BCUT2D eigenvalue weighted by molar-refractivity contribution is 7.91. The second-order valence-corrected chi connectivity index (χ2v) is 9.39. The first-order valence-corrected chi connectivity index (χ1v) is 10.7. The molecule has 0 spiro atoms. The minimum absolute atomic E-state index is 0.00416. The summed E-state index contributed by atoms with van der Waals surface area (Å²) in [6, 6.07) is 10.1. The SMILES string of the molecule is O=C(C1CCS(=O)(=O)CC1)N1CCN(Cc2ccccc2)CC(O)C1. The van der Waals surface area contributed by atoms with Crippen LogP contribution in [0, 0.1) is 5.92 Å². The van der Waals surface area contributed by atoms with E-state index in [-0.39, 0.29) is 23.3 Å². The van der Waals surface area contributed by atoms with Gasteiger partial charge in [0, 0.05) is 38.6 Å². The van der Waals surface area contributed by atoms with Crippen molar-refractivity contribution in [1.82, 2.24) is 9.80 Å². The topological polar surface area (TPSA) is 77.9 Å². The molecule has 0 aromatic heterocycles. The minimum Gasteiger partial charge on any atom is -0.390 e. The third kappa shape index (κ3) is 5.03. The fraction of sp³-hybridized carbons (Fsp3) is 0.611. The number of aliphatic hydroxyl groups excluding tert-OH is 1. The van der Waals surface area contributed by atoms with Crippen LogP contribution < -0.4 is 0 Å². The van der Waals surface area contributed by atoms with Crippen LogP contribution in [0.4, 0.5) is 0 Å². The first-order chi connectivity index (χ1) is 11.9. The third-order valence-electron chi connectivity index (χ3n) is 5.05. The molecule has 2 fully saturated rings. The van der Waals surface area contributed by atoms with E-state index in [1.54, 1.807) is 4.90 Å². The highest BCUT2D eigenvalue weighted by Crippen LogP contribution is 2.22. The van der Waals surface area contributed by atoms with E-state index in [0.29, 0.717) is 39.0 Å². The maximum absolute atomic E-state index is 12.7. The number of amides is 1. The molecule has 1 amide bonds. The van der Waals surface area contributed by atoms with Gasteiger partial charge in [-0.15, -0.1) is 0 Å². The van der Waals surface area contributed by atoms with Gasteiger partial charge in [-0.2, -0.15) is 0 Å². The van der Waals surface area contributed by atoms with Gasteiger partial charge in [0.15, 0.2) is 0 Å². The Balaban J connectivity index is 1.58. The molecule has 6 nitrogen and oxygen atoms in total. The Kier molecular flexibility index (Phi) is 5.76. The molecule has 2 heterocycles. The molecule has 2 aliphatic heterocycles. The number of carbonyl (C=O) groups is 1. The van der Waals surface area contributed by atoms with Crippen molar-refractivity contribution in [1.29, 1.82) is 0 Å². The zero-order valence-electron chi connectivity index (χ0n) is 14.4. The number of β-amino-alcohol motifs (C(OH)–C–C–N with tert-alkyl or cyclic N) is 1. The average molecular weight is 366 g/mol. The van der Waals surface area contributed by atoms with Crippen molar-refractivity contribution in [3.63, 3.8) is 0 Å². The molecule has 0 aliphatic carbocycles. The molecule has 3 rings (SSSR count). The maximum atomic E-state index is 12.7. The molecular weight excluding hydrogens is 340 g/mol. The molecule has 25 heavy (non-hydrogen) atoms. The number of aliphatic hydroxyl groups is 1. The summed E-state index contributed by atoms with van der Waals surface area (Å²) < 4.78 is 23.1. The van der Waals surface area contributed by atoms with E-state index in [2.05, 4.69) is 17.0 Å². The predicted molar refractivity (Wildman–Crippen MR) is 95.7 cm³/mol. The fourth-order valence-corrected chi connectivity index (χ4v) is 5.13. The Labute approximate surface area is 149 Å². The normalized spacial score (nSPS) is 25.5. The van der Waals surface area contributed by atoms with Crippen molar-refractivity contribution in [3.05, 3.63) is 35.9 Å². The summed E-state index contributed by atoms with van der Waals surface area (Å²) in [4.78, 5) is 16.6. The summed E-state index contributed by atoms with van der Waals surface area (Å²) >= 11 is 0. The first kappa shape index (κ1) is 18.4. The molecule has 138 valence electrons. The summed E-state index contributed by atoms with van der Waals surface area (Å²) in [7, 11) is -2.97. The molecule has 1 aromatic rings. The van der Waals surface area contributed by atoms with Crippen molar-refractivity contribution in [2.45, 2.75) is 25.5 Å². The fourth-order valence-electron chi connectivity index (χ4n) is 3.64. The van der Waals surface area contributed by atoms with E-state index < -0.39 is 15.9 Å². The van der Waals surface area contributed by atoms with Gasteiger partial charge in [0.25, 0.3) is 0 Å². The number of carbonyl (C=O) groups excluding carboxylic acids is 1. The van der Waals surface area contributed by atoms with Crippen LogP contribution >= 0.6 is 0 Å². The van der Waals surface area contributed by atoms with Gasteiger partial charge in [0.05, 0.1) is 17.6 Å². The van der Waals surface area contributed by atoms with Crippen LogP contribution in [-0.2, 0) is 21.2 Å². The lowest BCUT2D eigenvalue weighted by Crippen LogP contribution is -2.43. The van der Waals surface area contributed by atoms with Gasteiger partial charge in [0.2, 0.25) is 5.91 Å². The summed E-state index contributed by atoms with van der Waals surface area (Å²) in [5, 5.41) is 10.3. The lowest BCUT2D eigenvalue weighted by atomic mass is 10.0. The van der Waals surface area contributed by atoms with Crippen LogP contribution in [0.1, 0.15) is 18.4 Å². The van der Waals surface area contributed by atoms with Gasteiger partial charge in [-0.25, -0.2) is 8.42 Å².